The third-order valence-electron chi connectivity index (χ3n) is 4.10. The van der Waals surface area contributed by atoms with Crippen molar-refractivity contribution in [3.8, 4) is 0 Å². The molecule has 3 heteroatoms. The van der Waals surface area contributed by atoms with Crippen LogP contribution in [-0.2, 0) is 0 Å². The number of nitrogens with one attached hydrogen (secondary N) is 1. The molecule has 0 aromatic carbocycles. The number of hydrogen-bond donors (Lipinski definition) is 1. The topological polar surface area (TPSA) is 12.0 Å². The van der Waals surface area contributed by atoms with E-state index < -0.39 is 5.92 Å². The van der Waals surface area contributed by atoms with Crippen molar-refractivity contribution in [1.29, 1.82) is 0 Å². The molecular formula is C12H21F2N. The van der Waals surface area contributed by atoms with Crippen LogP contribution in [0.2, 0.25) is 0 Å². The van der Waals surface area contributed by atoms with Gasteiger partial charge in [-0.1, -0.05) is 6.92 Å². The zero-order valence-electron chi connectivity index (χ0n) is 9.44. The van der Waals surface area contributed by atoms with E-state index >= 15 is 0 Å². The molecule has 1 saturated carbocycles. The predicted molar refractivity (Wildman–Crippen MR) is 57.1 cm³/mol. The standard InChI is InChI=1S/C12H21F2N/c1-2-10-3-4-11(15-10)9-5-7-12(13,14)8-6-9/h9-11,15H,2-8H2,1H3/t10-,11-/m1/s1. The Balaban J connectivity index is 1.81. The van der Waals surface area contributed by atoms with E-state index in [1.165, 1.54) is 19.3 Å². The summed E-state index contributed by atoms with van der Waals surface area (Å²) in [5, 5.41) is 3.59. The van der Waals surface area contributed by atoms with Gasteiger partial charge in [-0.25, -0.2) is 8.78 Å². The second-order valence-electron chi connectivity index (χ2n) is 5.15. The van der Waals surface area contributed by atoms with Crippen LogP contribution in [0.1, 0.15) is 51.9 Å². The van der Waals surface area contributed by atoms with Crippen LogP contribution >= 0.6 is 0 Å². The second kappa shape index (κ2) is 4.36. The highest BCUT2D eigenvalue weighted by Gasteiger charge is 2.39. The predicted octanol–water partition coefficient (Wildman–Crippen LogP) is 3.34. The summed E-state index contributed by atoms with van der Waals surface area (Å²) in [5.41, 5.74) is 0. The minimum Gasteiger partial charge on any atom is -0.311 e. The van der Waals surface area contributed by atoms with Crippen molar-refractivity contribution in [2.75, 3.05) is 0 Å². The molecule has 0 bridgehead atoms. The summed E-state index contributed by atoms with van der Waals surface area (Å²) in [4.78, 5) is 0. The average molecular weight is 217 g/mol. The molecule has 2 fully saturated rings. The van der Waals surface area contributed by atoms with E-state index in [2.05, 4.69) is 12.2 Å². The summed E-state index contributed by atoms with van der Waals surface area (Å²) in [6.45, 7) is 2.19. The maximum atomic E-state index is 13.0. The van der Waals surface area contributed by atoms with Crippen LogP contribution in [0.3, 0.4) is 0 Å². The van der Waals surface area contributed by atoms with E-state index in [0.717, 1.165) is 0 Å². The van der Waals surface area contributed by atoms with Crippen molar-refractivity contribution < 1.29 is 8.78 Å². The van der Waals surface area contributed by atoms with Gasteiger partial charge in [0.2, 0.25) is 5.92 Å². The third-order valence-corrected chi connectivity index (χ3v) is 4.10. The lowest BCUT2D eigenvalue weighted by Crippen LogP contribution is -2.38. The fourth-order valence-electron chi connectivity index (χ4n) is 3.01. The number of hydrogen-bond acceptors (Lipinski definition) is 1. The highest BCUT2D eigenvalue weighted by molar-refractivity contribution is 4.90. The van der Waals surface area contributed by atoms with Crippen LogP contribution < -0.4 is 5.32 Å². The second-order valence-corrected chi connectivity index (χ2v) is 5.15. The Morgan fingerprint density at radius 1 is 1.13 bits per heavy atom. The fraction of sp³-hybridized carbons (Fsp3) is 1.00. The maximum Gasteiger partial charge on any atom is 0.248 e. The number of rotatable bonds is 2. The molecule has 1 aliphatic heterocycles. The van der Waals surface area contributed by atoms with Crippen LogP contribution in [0, 0.1) is 5.92 Å². The van der Waals surface area contributed by atoms with Crippen LogP contribution in [-0.4, -0.2) is 18.0 Å². The van der Waals surface area contributed by atoms with Crippen molar-refractivity contribution in [2.24, 2.45) is 5.92 Å². The molecule has 1 aliphatic carbocycles. The number of halogens is 2. The van der Waals surface area contributed by atoms with E-state index in [9.17, 15) is 8.78 Å². The number of alkyl halides is 2. The van der Waals surface area contributed by atoms with Crippen LogP contribution in [0.5, 0.6) is 0 Å². The molecule has 0 aromatic heterocycles. The van der Waals surface area contributed by atoms with Gasteiger partial charge in [0.1, 0.15) is 0 Å². The van der Waals surface area contributed by atoms with E-state index in [1.807, 2.05) is 0 Å². The van der Waals surface area contributed by atoms with Gasteiger partial charge in [0.15, 0.2) is 0 Å². The molecular weight excluding hydrogens is 196 g/mol. The first-order valence-electron chi connectivity index (χ1n) is 6.24. The quantitative estimate of drug-likeness (QED) is 0.748. The lowest BCUT2D eigenvalue weighted by molar-refractivity contribution is -0.0490. The Hall–Kier alpha value is -0.180. The van der Waals surface area contributed by atoms with E-state index in [-0.39, 0.29) is 12.8 Å². The summed E-state index contributed by atoms with van der Waals surface area (Å²) in [5.74, 6) is -1.87. The molecule has 1 saturated heterocycles. The molecule has 0 unspecified atom stereocenters. The fourth-order valence-corrected chi connectivity index (χ4v) is 3.01. The largest absolute Gasteiger partial charge is 0.311 e. The molecule has 1 N–H and O–H groups in total. The van der Waals surface area contributed by atoms with Crippen LogP contribution in [0.25, 0.3) is 0 Å². The lowest BCUT2D eigenvalue weighted by Gasteiger charge is -2.32. The average Bonchev–Trinajstić information content (AvgIpc) is 2.66. The van der Waals surface area contributed by atoms with Gasteiger partial charge in [-0.3, -0.25) is 0 Å². The van der Waals surface area contributed by atoms with Crippen molar-refractivity contribution >= 4 is 0 Å². The SMILES string of the molecule is CC[C@@H]1CC[C@H](C2CCC(F)(F)CC2)N1. The lowest BCUT2D eigenvalue weighted by atomic mass is 9.81. The van der Waals surface area contributed by atoms with Crippen molar-refractivity contribution in [2.45, 2.75) is 69.9 Å². The van der Waals surface area contributed by atoms with Gasteiger partial charge in [-0.2, -0.15) is 0 Å². The maximum absolute atomic E-state index is 13.0. The smallest absolute Gasteiger partial charge is 0.248 e. The van der Waals surface area contributed by atoms with Gasteiger partial charge in [-0.15, -0.1) is 0 Å². The molecule has 1 nitrogen and oxygen atoms in total. The normalized spacial score (nSPS) is 37.0. The van der Waals surface area contributed by atoms with Crippen LogP contribution in [0.15, 0.2) is 0 Å². The van der Waals surface area contributed by atoms with Crippen LogP contribution in [0.4, 0.5) is 8.78 Å². The van der Waals surface area contributed by atoms with Gasteiger partial charge in [0, 0.05) is 24.9 Å². The summed E-state index contributed by atoms with van der Waals surface area (Å²) in [6, 6.07) is 1.16. The van der Waals surface area contributed by atoms with E-state index in [1.54, 1.807) is 0 Å². The highest BCUT2D eigenvalue weighted by Crippen LogP contribution is 2.39. The Kier molecular flexibility index (Phi) is 3.29. The van der Waals surface area contributed by atoms with E-state index in [4.69, 9.17) is 0 Å². The molecule has 0 amide bonds. The van der Waals surface area contributed by atoms with E-state index in [0.29, 0.717) is 30.8 Å². The first-order valence-corrected chi connectivity index (χ1v) is 6.24. The Labute approximate surface area is 90.6 Å². The van der Waals surface area contributed by atoms with Crippen molar-refractivity contribution in [3.05, 3.63) is 0 Å². The third kappa shape index (κ3) is 2.68. The molecule has 0 spiro atoms. The Bertz CT molecular complexity index is 208. The van der Waals surface area contributed by atoms with Crippen molar-refractivity contribution in [3.63, 3.8) is 0 Å². The van der Waals surface area contributed by atoms with Gasteiger partial charge >= 0.3 is 0 Å². The molecule has 15 heavy (non-hydrogen) atoms. The van der Waals surface area contributed by atoms with Gasteiger partial charge < -0.3 is 5.32 Å². The Morgan fingerprint density at radius 2 is 1.80 bits per heavy atom. The first kappa shape index (κ1) is 11.3. The molecule has 2 atom stereocenters. The highest BCUT2D eigenvalue weighted by atomic mass is 19.3. The summed E-state index contributed by atoms with van der Waals surface area (Å²) >= 11 is 0. The summed E-state index contributed by atoms with van der Waals surface area (Å²) < 4.78 is 26.0. The van der Waals surface area contributed by atoms with Gasteiger partial charge in [-0.05, 0) is 38.0 Å². The van der Waals surface area contributed by atoms with Gasteiger partial charge in [0.25, 0.3) is 0 Å². The molecule has 1 heterocycles. The molecule has 0 radical (unpaired) electrons. The molecule has 2 rings (SSSR count). The van der Waals surface area contributed by atoms with Crippen molar-refractivity contribution in [1.82, 2.24) is 5.32 Å². The zero-order chi connectivity index (χ0) is 10.9. The zero-order valence-corrected chi connectivity index (χ0v) is 9.44. The summed E-state index contributed by atoms with van der Waals surface area (Å²) in [6.07, 6.45) is 5.21. The minimum absolute atomic E-state index is 0.104. The summed E-state index contributed by atoms with van der Waals surface area (Å²) in [7, 11) is 0. The molecule has 88 valence electrons. The monoisotopic (exact) mass is 217 g/mol. The van der Waals surface area contributed by atoms with Gasteiger partial charge in [0.05, 0.1) is 0 Å². The molecule has 0 aromatic rings. The minimum atomic E-state index is -2.38. The first-order chi connectivity index (χ1) is 7.11. The molecule has 2 aliphatic rings. The Morgan fingerprint density at radius 3 is 2.33 bits per heavy atom.